The Morgan fingerprint density at radius 3 is 2.64 bits per heavy atom. The number of hydrogen-bond donors (Lipinski definition) is 3. The molecule has 2 aromatic carbocycles. The molecule has 7 heteroatoms. The summed E-state index contributed by atoms with van der Waals surface area (Å²) >= 11 is 0. The number of aromatic amines is 2. The minimum absolute atomic E-state index is 0.0440. The maximum atomic E-state index is 12.8. The summed E-state index contributed by atoms with van der Waals surface area (Å²) in [6.45, 7) is 9.67. The van der Waals surface area contributed by atoms with Gasteiger partial charge < -0.3 is 10.3 Å². The van der Waals surface area contributed by atoms with Crippen molar-refractivity contribution in [2.24, 2.45) is 5.92 Å². The molecule has 0 aliphatic heterocycles. The number of anilines is 2. The van der Waals surface area contributed by atoms with Gasteiger partial charge in [-0.05, 0) is 41.8 Å². The number of Topliss-reactive ketones (excluding diaryl/α,β-unsaturated/α-hetero) is 1. The predicted octanol–water partition coefficient (Wildman–Crippen LogP) is 6.71. The second-order valence-electron chi connectivity index (χ2n) is 8.75. The van der Waals surface area contributed by atoms with E-state index in [9.17, 15) is 4.79 Å². The molecule has 0 amide bonds. The van der Waals surface area contributed by atoms with Crippen LogP contribution >= 0.6 is 0 Å². The number of allylic oxidation sites excluding steroid dienone is 2. The molecule has 7 nitrogen and oxygen atoms in total. The third-order valence-corrected chi connectivity index (χ3v) is 6.21. The summed E-state index contributed by atoms with van der Waals surface area (Å²) in [4.78, 5) is 25.2. The van der Waals surface area contributed by atoms with Crippen LogP contribution in [0, 0.1) is 5.92 Å². The Hall–Kier alpha value is -4.78. The highest BCUT2D eigenvalue weighted by molar-refractivity contribution is 6.00. The Balaban J connectivity index is 1.33. The Kier molecular flexibility index (Phi) is 6.28. The SMILES string of the molecule is C=CC(=C)[C@@H](C)CC(=O)c1cc2ccc(-c3nccc(Nc4ccc(-c5cn[nH]c5)cc4)n3)cc2[nH]1. The van der Waals surface area contributed by atoms with Gasteiger partial charge in [0.15, 0.2) is 11.6 Å². The van der Waals surface area contributed by atoms with E-state index in [2.05, 4.69) is 38.6 Å². The van der Waals surface area contributed by atoms with Crippen molar-refractivity contribution in [1.82, 2.24) is 25.1 Å². The van der Waals surface area contributed by atoms with Gasteiger partial charge in [-0.25, -0.2) is 9.97 Å². The van der Waals surface area contributed by atoms with Crippen molar-refractivity contribution in [3.63, 3.8) is 0 Å². The van der Waals surface area contributed by atoms with Gasteiger partial charge in [-0.15, -0.1) is 0 Å². The quantitative estimate of drug-likeness (QED) is 0.163. The number of hydrogen-bond acceptors (Lipinski definition) is 5. The van der Waals surface area contributed by atoms with Crippen LogP contribution in [0.1, 0.15) is 23.8 Å². The van der Waals surface area contributed by atoms with E-state index in [4.69, 9.17) is 4.98 Å². The number of carbonyl (C=O) groups excluding carboxylic acids is 1. The summed E-state index contributed by atoms with van der Waals surface area (Å²) in [5.41, 5.74) is 6.20. The lowest BCUT2D eigenvalue weighted by Gasteiger charge is -2.09. The van der Waals surface area contributed by atoms with Gasteiger partial charge in [0.25, 0.3) is 0 Å². The number of benzene rings is 2. The fourth-order valence-corrected chi connectivity index (χ4v) is 4.01. The number of aromatic nitrogens is 5. The lowest BCUT2D eigenvalue weighted by Crippen LogP contribution is -2.07. The van der Waals surface area contributed by atoms with Gasteiger partial charge >= 0.3 is 0 Å². The van der Waals surface area contributed by atoms with Gasteiger partial charge in [-0.2, -0.15) is 5.10 Å². The first-order valence-electron chi connectivity index (χ1n) is 11.7. The van der Waals surface area contributed by atoms with Crippen LogP contribution in [0.5, 0.6) is 0 Å². The molecule has 0 fully saturated rings. The van der Waals surface area contributed by atoms with Crippen LogP contribution in [0.4, 0.5) is 11.5 Å². The summed E-state index contributed by atoms with van der Waals surface area (Å²) < 4.78 is 0. The maximum absolute atomic E-state index is 12.8. The minimum atomic E-state index is 0.0440. The van der Waals surface area contributed by atoms with Crippen LogP contribution in [0.25, 0.3) is 33.4 Å². The molecule has 0 radical (unpaired) electrons. The molecule has 178 valence electrons. The summed E-state index contributed by atoms with van der Waals surface area (Å²) in [7, 11) is 0. The van der Waals surface area contributed by atoms with Gasteiger partial charge in [0.1, 0.15) is 5.82 Å². The second-order valence-corrected chi connectivity index (χ2v) is 8.75. The standard InChI is InChI=1S/C29H26N6O/c1-4-18(2)19(3)13-27(36)26-14-21-5-6-22(15-25(21)34-26)29-30-12-11-28(35-29)33-24-9-7-20(8-10-24)23-16-31-32-17-23/h4-12,14-17,19,34H,1-2,13H2,3H3,(H,31,32)(H,30,33,35)/t19-/m0/s1. The highest BCUT2D eigenvalue weighted by atomic mass is 16.1. The molecule has 5 rings (SSSR count). The highest BCUT2D eigenvalue weighted by Gasteiger charge is 2.15. The maximum Gasteiger partial charge on any atom is 0.179 e. The molecule has 0 bridgehead atoms. The smallest absolute Gasteiger partial charge is 0.179 e. The average molecular weight is 475 g/mol. The fraction of sp³-hybridized carbons (Fsp3) is 0.103. The third-order valence-electron chi connectivity index (χ3n) is 6.21. The van der Waals surface area contributed by atoms with Gasteiger partial charge in [0.05, 0.1) is 11.9 Å². The van der Waals surface area contributed by atoms with Crippen LogP contribution < -0.4 is 5.32 Å². The average Bonchev–Trinajstić information content (AvgIpc) is 3.59. The van der Waals surface area contributed by atoms with Crippen molar-refractivity contribution in [3.05, 3.63) is 104 Å². The van der Waals surface area contributed by atoms with E-state index in [1.165, 1.54) is 0 Å². The molecule has 1 atom stereocenters. The Bertz CT molecular complexity index is 1550. The van der Waals surface area contributed by atoms with Crippen LogP contribution in [-0.2, 0) is 0 Å². The number of nitrogens with one attached hydrogen (secondary N) is 3. The fourth-order valence-electron chi connectivity index (χ4n) is 4.01. The van der Waals surface area contributed by atoms with Crippen molar-refractivity contribution in [2.45, 2.75) is 13.3 Å². The topological polar surface area (TPSA) is 99.3 Å². The first kappa shape index (κ1) is 23.0. The van der Waals surface area contributed by atoms with Gasteiger partial charge in [0.2, 0.25) is 0 Å². The number of carbonyl (C=O) groups is 1. The molecule has 0 spiro atoms. The zero-order valence-electron chi connectivity index (χ0n) is 20.0. The number of ketones is 1. The summed E-state index contributed by atoms with van der Waals surface area (Å²) in [5.74, 6) is 1.37. The van der Waals surface area contributed by atoms with Gasteiger partial charge in [-0.1, -0.05) is 56.0 Å². The van der Waals surface area contributed by atoms with E-state index in [-0.39, 0.29) is 11.7 Å². The molecular weight excluding hydrogens is 448 g/mol. The van der Waals surface area contributed by atoms with Gasteiger partial charge in [-0.3, -0.25) is 9.89 Å². The molecule has 0 saturated heterocycles. The van der Waals surface area contributed by atoms with Crippen molar-refractivity contribution in [2.75, 3.05) is 5.32 Å². The van der Waals surface area contributed by atoms with Crippen LogP contribution in [-0.4, -0.2) is 30.9 Å². The molecular formula is C29H26N6O. The van der Waals surface area contributed by atoms with E-state index in [0.29, 0.717) is 23.8 Å². The summed E-state index contributed by atoms with van der Waals surface area (Å²) in [6.07, 6.45) is 7.46. The summed E-state index contributed by atoms with van der Waals surface area (Å²) in [5, 5.41) is 11.1. The molecule has 3 N–H and O–H groups in total. The van der Waals surface area contributed by atoms with Crippen molar-refractivity contribution in [3.8, 4) is 22.5 Å². The number of nitrogens with zero attached hydrogens (tertiary/aromatic N) is 3. The highest BCUT2D eigenvalue weighted by Crippen LogP contribution is 2.26. The van der Waals surface area contributed by atoms with E-state index < -0.39 is 0 Å². The first-order chi connectivity index (χ1) is 17.5. The number of H-pyrrole nitrogens is 2. The normalized spacial score (nSPS) is 11.8. The molecule has 0 saturated carbocycles. The molecule has 0 aliphatic rings. The predicted molar refractivity (Wildman–Crippen MR) is 144 cm³/mol. The first-order valence-corrected chi connectivity index (χ1v) is 11.7. The van der Waals surface area contributed by atoms with E-state index in [0.717, 1.165) is 38.9 Å². The van der Waals surface area contributed by atoms with Crippen molar-refractivity contribution >= 4 is 28.2 Å². The van der Waals surface area contributed by atoms with Crippen molar-refractivity contribution in [1.29, 1.82) is 0 Å². The molecule has 0 aliphatic carbocycles. The summed E-state index contributed by atoms with van der Waals surface area (Å²) in [6, 6.07) is 17.7. The Morgan fingerprint density at radius 2 is 1.89 bits per heavy atom. The van der Waals surface area contributed by atoms with Crippen LogP contribution in [0.15, 0.2) is 98.0 Å². The Labute approximate surface area is 209 Å². The van der Waals surface area contributed by atoms with E-state index in [1.807, 2.05) is 67.7 Å². The molecule has 5 aromatic rings. The molecule has 3 heterocycles. The second kappa shape index (κ2) is 9.84. The van der Waals surface area contributed by atoms with Gasteiger partial charge in [0, 0.05) is 46.5 Å². The third kappa shape index (κ3) is 4.86. The van der Waals surface area contributed by atoms with Crippen LogP contribution in [0.3, 0.4) is 0 Å². The molecule has 36 heavy (non-hydrogen) atoms. The molecule has 0 unspecified atom stereocenters. The van der Waals surface area contributed by atoms with Crippen LogP contribution in [0.2, 0.25) is 0 Å². The van der Waals surface area contributed by atoms with E-state index in [1.54, 1.807) is 18.5 Å². The zero-order valence-corrected chi connectivity index (χ0v) is 20.0. The Morgan fingerprint density at radius 1 is 1.08 bits per heavy atom. The monoisotopic (exact) mass is 474 g/mol. The van der Waals surface area contributed by atoms with Crippen molar-refractivity contribution < 1.29 is 4.79 Å². The molecule has 3 aromatic heterocycles. The minimum Gasteiger partial charge on any atom is -0.352 e. The zero-order chi connectivity index (χ0) is 25.1. The largest absolute Gasteiger partial charge is 0.352 e. The number of rotatable bonds is 9. The number of fused-ring (bicyclic) bond motifs is 1. The lowest BCUT2D eigenvalue weighted by molar-refractivity contribution is 0.0966. The van der Waals surface area contributed by atoms with E-state index >= 15 is 0 Å². The lowest BCUT2D eigenvalue weighted by atomic mass is 9.96.